The Morgan fingerprint density at radius 3 is 2.66 bits per heavy atom. The second kappa shape index (κ2) is 6.94. The van der Waals surface area contributed by atoms with Gasteiger partial charge in [-0.3, -0.25) is 18.9 Å². The molecule has 1 aromatic carbocycles. The average molecular weight is 414 g/mol. The highest BCUT2D eigenvalue weighted by atomic mass is 32.2. The number of nitrogens with zero attached hydrogens (tertiary/aromatic N) is 4. The molecule has 0 saturated carbocycles. The summed E-state index contributed by atoms with van der Waals surface area (Å²) in [5, 5.41) is 0.726. The lowest BCUT2D eigenvalue weighted by molar-refractivity contribution is 0.582. The molecule has 0 aliphatic carbocycles. The van der Waals surface area contributed by atoms with Gasteiger partial charge in [0.1, 0.15) is 16.2 Å². The molecular weight excluding hydrogens is 396 g/mol. The van der Waals surface area contributed by atoms with Crippen LogP contribution in [0.1, 0.15) is 5.82 Å². The largest absolute Gasteiger partial charge is 0.336 e. The van der Waals surface area contributed by atoms with Crippen LogP contribution in [0.4, 0.5) is 0 Å². The van der Waals surface area contributed by atoms with E-state index in [0.29, 0.717) is 11.3 Å². The van der Waals surface area contributed by atoms with E-state index in [9.17, 15) is 18.0 Å². The molecule has 29 heavy (non-hydrogen) atoms. The Labute approximate surface area is 164 Å². The Bertz CT molecular complexity index is 1460. The van der Waals surface area contributed by atoms with E-state index in [1.807, 2.05) is 0 Å². The van der Waals surface area contributed by atoms with Crippen LogP contribution >= 0.6 is 0 Å². The molecule has 3 heterocycles. The second-order valence-electron chi connectivity index (χ2n) is 6.57. The van der Waals surface area contributed by atoms with Crippen molar-refractivity contribution in [1.82, 2.24) is 28.8 Å². The van der Waals surface area contributed by atoms with Crippen LogP contribution in [0.15, 0.2) is 51.0 Å². The van der Waals surface area contributed by atoms with Gasteiger partial charge in [0.2, 0.25) is 10.0 Å². The Hall–Kier alpha value is -3.31. The van der Waals surface area contributed by atoms with Gasteiger partial charge in [-0.2, -0.15) is 0 Å². The van der Waals surface area contributed by atoms with Gasteiger partial charge >= 0.3 is 5.69 Å². The van der Waals surface area contributed by atoms with Crippen molar-refractivity contribution in [3.8, 4) is 0 Å². The van der Waals surface area contributed by atoms with Crippen molar-refractivity contribution in [3.63, 3.8) is 0 Å². The van der Waals surface area contributed by atoms with Gasteiger partial charge in [0.25, 0.3) is 5.56 Å². The molecule has 4 aromatic rings. The summed E-state index contributed by atoms with van der Waals surface area (Å²) >= 11 is 0. The Morgan fingerprint density at radius 2 is 1.86 bits per heavy atom. The maximum absolute atomic E-state index is 12.7. The predicted molar refractivity (Wildman–Crippen MR) is 107 cm³/mol. The van der Waals surface area contributed by atoms with Crippen LogP contribution in [0, 0.1) is 0 Å². The number of fused-ring (bicyclic) bond motifs is 2. The number of rotatable bonds is 5. The number of hydrogen-bond acceptors (Lipinski definition) is 6. The van der Waals surface area contributed by atoms with Gasteiger partial charge in [-0.1, -0.05) is 18.2 Å². The third-order valence-corrected chi connectivity index (χ3v) is 6.18. The smallest absolute Gasteiger partial charge is 0.332 e. The van der Waals surface area contributed by atoms with Crippen molar-refractivity contribution in [1.29, 1.82) is 0 Å². The number of imidazole rings is 1. The van der Waals surface area contributed by atoms with Crippen LogP contribution in [-0.4, -0.2) is 39.0 Å². The third-order valence-electron chi connectivity index (χ3n) is 4.68. The summed E-state index contributed by atoms with van der Waals surface area (Å²) in [6.07, 6.45) is 1.75. The van der Waals surface area contributed by atoms with Crippen molar-refractivity contribution in [2.75, 3.05) is 6.54 Å². The zero-order valence-electron chi connectivity index (χ0n) is 15.7. The van der Waals surface area contributed by atoms with Gasteiger partial charge in [0.15, 0.2) is 5.65 Å². The summed E-state index contributed by atoms with van der Waals surface area (Å²) in [4.78, 5) is 35.6. The first-order valence-electron chi connectivity index (χ1n) is 8.77. The first-order chi connectivity index (χ1) is 13.8. The van der Waals surface area contributed by atoms with Crippen molar-refractivity contribution in [2.24, 2.45) is 14.1 Å². The molecule has 11 heteroatoms. The highest BCUT2D eigenvalue weighted by Crippen LogP contribution is 2.20. The number of aromatic amines is 1. The van der Waals surface area contributed by atoms with Gasteiger partial charge in [-0.25, -0.2) is 22.9 Å². The molecule has 0 spiro atoms. The van der Waals surface area contributed by atoms with E-state index in [1.165, 1.54) is 24.7 Å². The number of benzene rings is 1. The molecule has 0 aliphatic rings. The SMILES string of the molecule is Cn1c(=O)c2[nH]c(CCNS(=O)(=O)c3cccc4cccnc34)nc2n(C)c1=O. The maximum atomic E-state index is 12.7. The van der Waals surface area contributed by atoms with E-state index >= 15 is 0 Å². The average Bonchev–Trinajstić information content (AvgIpc) is 3.14. The quantitative estimate of drug-likeness (QED) is 0.474. The van der Waals surface area contributed by atoms with Crippen molar-refractivity contribution < 1.29 is 8.42 Å². The van der Waals surface area contributed by atoms with Gasteiger partial charge in [-0.05, 0) is 12.1 Å². The molecule has 0 bridgehead atoms. The lowest BCUT2D eigenvalue weighted by Crippen LogP contribution is -2.36. The molecule has 2 N–H and O–H groups in total. The van der Waals surface area contributed by atoms with Crippen LogP contribution in [0.3, 0.4) is 0 Å². The number of pyridine rings is 1. The molecule has 0 aliphatic heterocycles. The summed E-state index contributed by atoms with van der Waals surface area (Å²) in [5.74, 6) is 0.400. The van der Waals surface area contributed by atoms with Crippen molar-refractivity contribution in [2.45, 2.75) is 11.3 Å². The lowest BCUT2D eigenvalue weighted by atomic mass is 10.2. The molecule has 150 valence electrons. The monoisotopic (exact) mass is 414 g/mol. The van der Waals surface area contributed by atoms with Gasteiger partial charge < -0.3 is 4.98 Å². The van der Waals surface area contributed by atoms with E-state index in [4.69, 9.17) is 0 Å². The van der Waals surface area contributed by atoms with E-state index in [0.717, 1.165) is 9.95 Å². The molecule has 0 amide bonds. The summed E-state index contributed by atoms with van der Waals surface area (Å²) in [6.45, 7) is 0.0552. The van der Waals surface area contributed by atoms with Crippen molar-refractivity contribution in [3.05, 3.63) is 63.2 Å². The maximum Gasteiger partial charge on any atom is 0.332 e. The Kier molecular flexibility index (Phi) is 4.55. The number of nitrogens with one attached hydrogen (secondary N) is 2. The molecule has 4 rings (SSSR count). The fourth-order valence-electron chi connectivity index (χ4n) is 3.17. The van der Waals surface area contributed by atoms with Crippen molar-refractivity contribution >= 4 is 32.1 Å². The van der Waals surface area contributed by atoms with Gasteiger partial charge in [0.05, 0.1) is 5.52 Å². The molecule has 3 aromatic heterocycles. The minimum atomic E-state index is -3.79. The Balaban J connectivity index is 1.59. The van der Waals surface area contributed by atoms with Crippen LogP contribution in [0.2, 0.25) is 0 Å². The van der Waals surface area contributed by atoms with E-state index < -0.39 is 21.3 Å². The highest BCUT2D eigenvalue weighted by molar-refractivity contribution is 7.89. The Morgan fingerprint density at radius 1 is 1.10 bits per heavy atom. The highest BCUT2D eigenvalue weighted by Gasteiger charge is 2.18. The normalized spacial score (nSPS) is 12.1. The zero-order valence-corrected chi connectivity index (χ0v) is 16.5. The first kappa shape index (κ1) is 19.0. The summed E-state index contributed by atoms with van der Waals surface area (Å²) in [7, 11) is -0.887. The number of hydrogen-bond donors (Lipinski definition) is 2. The number of sulfonamides is 1. The fraction of sp³-hybridized carbons (Fsp3) is 0.222. The van der Waals surface area contributed by atoms with E-state index in [2.05, 4.69) is 19.7 Å². The molecule has 0 radical (unpaired) electrons. The number of H-pyrrole nitrogens is 1. The summed E-state index contributed by atoms with van der Waals surface area (Å²) in [6, 6.07) is 8.48. The second-order valence-corrected chi connectivity index (χ2v) is 8.30. The van der Waals surface area contributed by atoms with E-state index in [1.54, 1.807) is 30.5 Å². The van der Waals surface area contributed by atoms with Crippen LogP contribution < -0.4 is 16.0 Å². The zero-order chi connectivity index (χ0) is 20.8. The molecule has 10 nitrogen and oxygen atoms in total. The molecule has 0 unspecified atom stereocenters. The number of aromatic nitrogens is 5. The fourth-order valence-corrected chi connectivity index (χ4v) is 4.38. The minimum Gasteiger partial charge on any atom is -0.336 e. The standard InChI is InChI=1S/C18H18N6O4S/c1-23-16-15(17(25)24(2)18(23)26)21-13(22-16)8-10-20-29(27,28)12-7-3-5-11-6-4-9-19-14(11)12/h3-7,9,20H,8,10H2,1-2H3,(H,21,22). The van der Waals surface area contributed by atoms with Crippen LogP contribution in [0.5, 0.6) is 0 Å². The molecular formula is C18H18N6O4S. The van der Waals surface area contributed by atoms with Crippen LogP contribution in [0.25, 0.3) is 22.1 Å². The predicted octanol–water partition coefficient (Wildman–Crippen LogP) is 0.0295. The minimum absolute atomic E-state index is 0.0552. The number of aryl methyl sites for hydroxylation is 1. The summed E-state index contributed by atoms with van der Waals surface area (Å²) in [5.41, 5.74) is -0.140. The van der Waals surface area contributed by atoms with Crippen LogP contribution in [-0.2, 0) is 30.5 Å². The lowest BCUT2D eigenvalue weighted by Gasteiger charge is -2.08. The topological polar surface area (TPSA) is 132 Å². The first-order valence-corrected chi connectivity index (χ1v) is 10.3. The molecule has 0 saturated heterocycles. The number of para-hydroxylation sites is 1. The molecule has 0 atom stereocenters. The van der Waals surface area contributed by atoms with Gasteiger partial charge in [-0.15, -0.1) is 0 Å². The van der Waals surface area contributed by atoms with Gasteiger partial charge in [0, 0.05) is 38.6 Å². The summed E-state index contributed by atoms with van der Waals surface area (Å²) < 4.78 is 30.2. The van der Waals surface area contributed by atoms with E-state index in [-0.39, 0.29) is 29.0 Å². The third kappa shape index (κ3) is 3.23. The molecule has 0 fully saturated rings.